The Morgan fingerprint density at radius 1 is 1.35 bits per heavy atom. The highest BCUT2D eigenvalue weighted by Crippen LogP contribution is 2.16. The number of ether oxygens (including phenoxy) is 1. The quantitative estimate of drug-likeness (QED) is 0.364. The van der Waals surface area contributed by atoms with Crippen molar-refractivity contribution in [3.8, 4) is 0 Å². The third-order valence-electron chi connectivity index (χ3n) is 3.33. The van der Waals surface area contributed by atoms with Crippen molar-refractivity contribution < 1.29 is 4.74 Å². The second-order valence-corrected chi connectivity index (χ2v) is 4.67. The van der Waals surface area contributed by atoms with Crippen LogP contribution >= 0.6 is 0 Å². The van der Waals surface area contributed by atoms with E-state index in [9.17, 15) is 9.59 Å². The van der Waals surface area contributed by atoms with E-state index < -0.39 is 5.69 Å². The number of aromatic amines is 1. The minimum Gasteiger partial charge on any atom is -0.361 e. The Hall–Kier alpha value is -2.05. The number of azide groups is 1. The van der Waals surface area contributed by atoms with Crippen molar-refractivity contribution in [1.82, 2.24) is 9.55 Å². The molecular weight excluding hydrogens is 262 g/mol. The maximum atomic E-state index is 11.8. The largest absolute Gasteiger partial charge is 0.361 e. The smallest absolute Gasteiger partial charge is 0.330 e. The second-order valence-electron chi connectivity index (χ2n) is 4.67. The molecule has 0 saturated carbocycles. The van der Waals surface area contributed by atoms with Crippen LogP contribution in [0, 0.1) is 0 Å². The maximum Gasteiger partial charge on any atom is 0.330 e. The number of nitrogens with one attached hydrogen (secondary N) is 1. The van der Waals surface area contributed by atoms with Crippen LogP contribution in [0.5, 0.6) is 0 Å². The SMILES string of the molecule is [N-]=[N+]=NCCCOCn1c2c(c(=O)[nH]c1=O)CCCC2. The molecule has 20 heavy (non-hydrogen) atoms. The van der Waals surface area contributed by atoms with Crippen molar-refractivity contribution in [3.05, 3.63) is 42.5 Å². The van der Waals surface area contributed by atoms with Crippen LogP contribution in [0.1, 0.15) is 30.5 Å². The maximum absolute atomic E-state index is 11.8. The summed E-state index contributed by atoms with van der Waals surface area (Å²) in [6.07, 6.45) is 4.00. The lowest BCUT2D eigenvalue weighted by Crippen LogP contribution is -2.37. The van der Waals surface area contributed by atoms with E-state index in [4.69, 9.17) is 10.3 Å². The van der Waals surface area contributed by atoms with Gasteiger partial charge in [-0.25, -0.2) is 4.79 Å². The van der Waals surface area contributed by atoms with Gasteiger partial charge in [-0.15, -0.1) is 0 Å². The fourth-order valence-electron chi connectivity index (χ4n) is 2.37. The monoisotopic (exact) mass is 279 g/mol. The summed E-state index contributed by atoms with van der Waals surface area (Å²) in [6.45, 7) is 0.892. The molecule has 1 aromatic rings. The summed E-state index contributed by atoms with van der Waals surface area (Å²) < 4.78 is 6.90. The molecule has 0 radical (unpaired) electrons. The lowest BCUT2D eigenvalue weighted by Gasteiger charge is -2.19. The van der Waals surface area contributed by atoms with Crippen molar-refractivity contribution in [1.29, 1.82) is 0 Å². The summed E-state index contributed by atoms with van der Waals surface area (Å²) in [6, 6.07) is 0. The highest BCUT2D eigenvalue weighted by atomic mass is 16.5. The van der Waals surface area contributed by atoms with Crippen LogP contribution in [0.4, 0.5) is 0 Å². The van der Waals surface area contributed by atoms with E-state index in [0.29, 0.717) is 31.6 Å². The van der Waals surface area contributed by atoms with Gasteiger partial charge in [0, 0.05) is 29.3 Å². The van der Waals surface area contributed by atoms with Crippen molar-refractivity contribution in [2.75, 3.05) is 13.2 Å². The molecule has 1 aliphatic carbocycles. The molecule has 0 atom stereocenters. The Balaban J connectivity index is 2.06. The Labute approximate surface area is 115 Å². The number of H-pyrrole nitrogens is 1. The van der Waals surface area contributed by atoms with E-state index in [1.807, 2.05) is 0 Å². The molecule has 0 bridgehead atoms. The van der Waals surface area contributed by atoms with Gasteiger partial charge in [-0.2, -0.15) is 0 Å². The average Bonchev–Trinajstić information content (AvgIpc) is 2.45. The first-order valence-electron chi connectivity index (χ1n) is 6.67. The predicted octanol–water partition coefficient (Wildman–Crippen LogP) is 1.09. The lowest BCUT2D eigenvalue weighted by molar-refractivity contribution is 0.0705. The summed E-state index contributed by atoms with van der Waals surface area (Å²) in [4.78, 5) is 28.5. The van der Waals surface area contributed by atoms with Gasteiger partial charge in [0.05, 0.1) is 0 Å². The molecule has 8 nitrogen and oxygen atoms in total. The van der Waals surface area contributed by atoms with Gasteiger partial charge in [-0.3, -0.25) is 14.3 Å². The molecule has 1 N–H and O–H groups in total. The van der Waals surface area contributed by atoms with Crippen molar-refractivity contribution in [3.63, 3.8) is 0 Å². The number of hydrogen-bond donors (Lipinski definition) is 1. The Morgan fingerprint density at radius 3 is 2.95 bits per heavy atom. The van der Waals surface area contributed by atoms with Crippen LogP contribution < -0.4 is 11.2 Å². The zero-order valence-electron chi connectivity index (χ0n) is 11.2. The number of rotatable bonds is 6. The zero-order chi connectivity index (χ0) is 14.4. The summed E-state index contributed by atoms with van der Waals surface area (Å²) in [5.74, 6) is 0. The van der Waals surface area contributed by atoms with E-state index in [-0.39, 0.29) is 12.3 Å². The predicted molar refractivity (Wildman–Crippen MR) is 72.5 cm³/mol. The second kappa shape index (κ2) is 6.93. The van der Waals surface area contributed by atoms with E-state index >= 15 is 0 Å². The molecule has 0 aromatic carbocycles. The van der Waals surface area contributed by atoms with Gasteiger partial charge in [-0.05, 0) is 37.6 Å². The van der Waals surface area contributed by atoms with Gasteiger partial charge < -0.3 is 4.74 Å². The normalized spacial score (nSPS) is 13.6. The number of aromatic nitrogens is 2. The minimum absolute atomic E-state index is 0.119. The molecule has 0 aliphatic heterocycles. The van der Waals surface area contributed by atoms with Crippen LogP contribution in [0.2, 0.25) is 0 Å². The molecule has 1 aliphatic rings. The molecule has 0 amide bonds. The minimum atomic E-state index is -0.425. The number of hydrogen-bond acceptors (Lipinski definition) is 4. The topological polar surface area (TPSA) is 113 Å². The fraction of sp³-hybridized carbons (Fsp3) is 0.667. The summed E-state index contributed by atoms with van der Waals surface area (Å²) in [7, 11) is 0. The van der Waals surface area contributed by atoms with E-state index in [2.05, 4.69) is 15.0 Å². The number of nitrogens with zero attached hydrogens (tertiary/aromatic N) is 4. The van der Waals surface area contributed by atoms with Gasteiger partial charge in [-0.1, -0.05) is 5.11 Å². The molecular formula is C12H17N5O3. The Bertz CT molecular complexity index is 627. The average molecular weight is 279 g/mol. The first-order valence-corrected chi connectivity index (χ1v) is 6.67. The van der Waals surface area contributed by atoms with E-state index in [1.54, 1.807) is 0 Å². The summed E-state index contributed by atoms with van der Waals surface area (Å²) >= 11 is 0. The zero-order valence-corrected chi connectivity index (χ0v) is 11.2. The van der Waals surface area contributed by atoms with Gasteiger partial charge in [0.15, 0.2) is 0 Å². The molecule has 0 saturated heterocycles. The fourth-order valence-corrected chi connectivity index (χ4v) is 2.37. The van der Waals surface area contributed by atoms with Crippen LogP contribution in [-0.2, 0) is 24.3 Å². The van der Waals surface area contributed by atoms with Crippen LogP contribution in [0.25, 0.3) is 10.4 Å². The molecule has 108 valence electrons. The third-order valence-corrected chi connectivity index (χ3v) is 3.33. The van der Waals surface area contributed by atoms with Crippen LogP contribution in [0.15, 0.2) is 14.7 Å². The van der Waals surface area contributed by atoms with Crippen molar-refractivity contribution in [2.45, 2.75) is 38.8 Å². The summed E-state index contributed by atoms with van der Waals surface area (Å²) in [5, 5.41) is 3.40. The number of fused-ring (bicyclic) bond motifs is 1. The van der Waals surface area contributed by atoms with Crippen LogP contribution in [0.3, 0.4) is 0 Å². The molecule has 0 unspecified atom stereocenters. The highest BCUT2D eigenvalue weighted by Gasteiger charge is 2.17. The van der Waals surface area contributed by atoms with Gasteiger partial charge >= 0.3 is 5.69 Å². The molecule has 1 aromatic heterocycles. The van der Waals surface area contributed by atoms with E-state index in [0.717, 1.165) is 25.0 Å². The standard InChI is InChI=1S/C12H17N5O3/c13-16-14-6-3-7-20-8-17-10-5-2-1-4-9(10)11(18)15-12(17)19/h1-8H2,(H,15,18,19). The van der Waals surface area contributed by atoms with Crippen LogP contribution in [-0.4, -0.2) is 22.7 Å². The van der Waals surface area contributed by atoms with Crippen molar-refractivity contribution in [2.24, 2.45) is 5.11 Å². The van der Waals surface area contributed by atoms with Crippen molar-refractivity contribution >= 4 is 0 Å². The van der Waals surface area contributed by atoms with E-state index in [1.165, 1.54) is 4.57 Å². The Morgan fingerprint density at radius 2 is 2.15 bits per heavy atom. The first-order chi connectivity index (χ1) is 9.74. The lowest BCUT2D eigenvalue weighted by atomic mass is 9.97. The molecule has 0 fully saturated rings. The van der Waals surface area contributed by atoms with Gasteiger partial charge in [0.2, 0.25) is 0 Å². The summed E-state index contributed by atoms with van der Waals surface area (Å²) in [5.41, 5.74) is 8.93. The van der Waals surface area contributed by atoms with Gasteiger partial charge in [0.25, 0.3) is 5.56 Å². The highest BCUT2D eigenvalue weighted by molar-refractivity contribution is 5.20. The first kappa shape index (κ1) is 14.4. The molecule has 8 heteroatoms. The third kappa shape index (κ3) is 3.28. The molecule has 1 heterocycles. The molecule has 2 rings (SSSR count). The molecule has 0 spiro atoms. The van der Waals surface area contributed by atoms with Gasteiger partial charge in [0.1, 0.15) is 6.73 Å². The Kier molecular flexibility index (Phi) is 4.97.